The van der Waals surface area contributed by atoms with Gasteiger partial charge in [0.25, 0.3) is 5.85 Å². The first-order chi connectivity index (χ1) is 15.9. The summed E-state index contributed by atoms with van der Waals surface area (Å²) in [6.45, 7) is 2.97. The molecule has 9 heteroatoms. The van der Waals surface area contributed by atoms with Gasteiger partial charge in [-0.05, 0) is 62.2 Å². The summed E-state index contributed by atoms with van der Waals surface area (Å²) in [4.78, 5) is 31.1. The van der Waals surface area contributed by atoms with Gasteiger partial charge >= 0.3 is 11.9 Å². The van der Waals surface area contributed by atoms with E-state index in [1.807, 2.05) is 0 Å². The summed E-state index contributed by atoms with van der Waals surface area (Å²) >= 11 is 6.26. The van der Waals surface area contributed by atoms with Crippen molar-refractivity contribution >= 4 is 40.1 Å². The van der Waals surface area contributed by atoms with E-state index in [0.717, 1.165) is 24.2 Å². The van der Waals surface area contributed by atoms with Crippen molar-refractivity contribution < 1.29 is 19.1 Å². The van der Waals surface area contributed by atoms with Gasteiger partial charge in [0.05, 0.1) is 11.2 Å². The summed E-state index contributed by atoms with van der Waals surface area (Å²) in [5.74, 6) is -3.10. The van der Waals surface area contributed by atoms with Gasteiger partial charge in [-0.2, -0.15) is 0 Å². The molecule has 172 valence electrons. The first-order valence-electron chi connectivity index (χ1n) is 11.1. The number of aromatic nitrogens is 1. The normalized spacial score (nSPS) is 22.1. The molecule has 33 heavy (non-hydrogen) atoms. The largest absolute Gasteiger partial charge is 0.351 e. The third-order valence-electron chi connectivity index (χ3n) is 6.49. The topological polar surface area (TPSA) is 69.0 Å². The fourth-order valence-corrected chi connectivity index (χ4v) is 5.04. The number of hydrogen-bond acceptors (Lipinski definition) is 4. The fourth-order valence-electron chi connectivity index (χ4n) is 4.86. The number of halogens is 2. The first-order valence-corrected chi connectivity index (χ1v) is 11.4. The monoisotopic (exact) mass is 470 g/mol. The number of anilines is 1. The number of hydrogen-bond donors (Lipinski definition) is 1. The van der Waals surface area contributed by atoms with Crippen LogP contribution in [0.15, 0.2) is 48.7 Å². The molecule has 0 aliphatic carbocycles. The standard InChI is InChI=1S/C24H24ClFN4O3/c1-2-29-23(32)30(22(31)24(29,33)27-12-4-3-5-13-27)21-15-28(18-9-7-17(26)8-10-18)20-11-6-16(25)14-19(20)21/h6-11,14-15,33H,2-5,12-13H2,1H3. The van der Waals surface area contributed by atoms with E-state index < -0.39 is 17.8 Å². The number of aliphatic hydroxyl groups is 1. The van der Waals surface area contributed by atoms with Crippen molar-refractivity contribution in [1.82, 2.24) is 14.4 Å². The van der Waals surface area contributed by atoms with E-state index in [1.54, 1.807) is 52.9 Å². The number of benzene rings is 2. The number of fused-ring (bicyclic) bond motifs is 1. The molecule has 0 bridgehead atoms. The van der Waals surface area contributed by atoms with E-state index in [0.29, 0.717) is 40.4 Å². The van der Waals surface area contributed by atoms with Gasteiger partial charge in [0.2, 0.25) is 0 Å². The molecule has 0 radical (unpaired) electrons. The molecular weight excluding hydrogens is 447 g/mol. The Hall–Kier alpha value is -2.94. The van der Waals surface area contributed by atoms with Crippen molar-refractivity contribution in [2.24, 2.45) is 0 Å². The second-order valence-electron chi connectivity index (χ2n) is 8.37. The molecule has 0 saturated carbocycles. The van der Waals surface area contributed by atoms with Crippen molar-refractivity contribution in [2.75, 3.05) is 24.5 Å². The van der Waals surface area contributed by atoms with Crippen LogP contribution in [0.2, 0.25) is 5.02 Å². The maximum atomic E-state index is 13.7. The van der Waals surface area contributed by atoms with Crippen LogP contribution < -0.4 is 4.90 Å². The molecule has 1 N–H and O–H groups in total. The van der Waals surface area contributed by atoms with Crippen LogP contribution in [0.5, 0.6) is 0 Å². The number of likely N-dealkylation sites (N-methyl/N-ethyl adjacent to an activating group) is 1. The van der Waals surface area contributed by atoms with Crippen molar-refractivity contribution in [3.05, 3.63) is 59.5 Å². The Labute approximate surface area is 195 Å². The summed E-state index contributed by atoms with van der Waals surface area (Å²) in [6, 6.07) is 10.5. The van der Waals surface area contributed by atoms with Crippen LogP contribution in [0, 0.1) is 5.82 Å². The second kappa shape index (κ2) is 8.13. The van der Waals surface area contributed by atoms with Crippen LogP contribution in [-0.2, 0) is 4.79 Å². The number of amides is 3. The molecule has 3 heterocycles. The van der Waals surface area contributed by atoms with Gasteiger partial charge in [-0.3, -0.25) is 9.69 Å². The van der Waals surface area contributed by atoms with E-state index in [1.165, 1.54) is 17.0 Å². The lowest BCUT2D eigenvalue weighted by Crippen LogP contribution is -2.63. The Balaban J connectivity index is 1.67. The lowest BCUT2D eigenvalue weighted by Gasteiger charge is -2.41. The third kappa shape index (κ3) is 3.32. The van der Waals surface area contributed by atoms with Crippen molar-refractivity contribution in [2.45, 2.75) is 32.0 Å². The maximum absolute atomic E-state index is 13.7. The first kappa shape index (κ1) is 21.9. The Bertz CT molecular complexity index is 1240. The van der Waals surface area contributed by atoms with Gasteiger partial charge in [0.15, 0.2) is 0 Å². The molecule has 2 aliphatic rings. The molecule has 2 aliphatic heterocycles. The minimum Gasteiger partial charge on any atom is -0.351 e. The molecule has 1 unspecified atom stereocenters. The van der Waals surface area contributed by atoms with Crippen LogP contribution in [0.1, 0.15) is 26.2 Å². The summed E-state index contributed by atoms with van der Waals surface area (Å²) < 4.78 is 15.3. The van der Waals surface area contributed by atoms with Gasteiger partial charge < -0.3 is 9.67 Å². The zero-order valence-corrected chi connectivity index (χ0v) is 18.9. The van der Waals surface area contributed by atoms with Crippen LogP contribution in [0.25, 0.3) is 16.6 Å². The van der Waals surface area contributed by atoms with Crippen molar-refractivity contribution in [3.63, 3.8) is 0 Å². The number of carbonyl (C=O) groups excluding carboxylic acids is 2. The second-order valence-corrected chi connectivity index (χ2v) is 8.81. The molecular formula is C24H24ClFN4O3. The molecule has 0 spiro atoms. The number of piperidine rings is 1. The molecule has 2 aromatic carbocycles. The average molecular weight is 471 g/mol. The highest BCUT2D eigenvalue weighted by Crippen LogP contribution is 2.40. The molecule has 7 nitrogen and oxygen atoms in total. The van der Waals surface area contributed by atoms with E-state index in [4.69, 9.17) is 11.6 Å². The van der Waals surface area contributed by atoms with Gasteiger partial charge in [0.1, 0.15) is 5.82 Å². The minimum atomic E-state index is -2.03. The van der Waals surface area contributed by atoms with E-state index >= 15 is 0 Å². The lowest BCUT2D eigenvalue weighted by atomic mass is 10.1. The highest BCUT2D eigenvalue weighted by molar-refractivity contribution is 6.32. The van der Waals surface area contributed by atoms with E-state index in [-0.39, 0.29) is 12.4 Å². The Kier molecular flexibility index (Phi) is 5.39. The predicted molar refractivity (Wildman–Crippen MR) is 124 cm³/mol. The maximum Gasteiger partial charge on any atom is 0.335 e. The minimum absolute atomic E-state index is 0.172. The quantitative estimate of drug-likeness (QED) is 0.576. The molecule has 3 aromatic rings. The zero-order chi connectivity index (χ0) is 23.3. The van der Waals surface area contributed by atoms with Crippen LogP contribution in [-0.4, -0.2) is 56.9 Å². The highest BCUT2D eigenvalue weighted by atomic mass is 35.5. The SMILES string of the molecule is CCN1C(=O)N(c2cn(-c3ccc(F)cc3)c3ccc(Cl)cc23)C(=O)C1(O)N1CCCCC1. The van der Waals surface area contributed by atoms with E-state index in [2.05, 4.69) is 0 Å². The van der Waals surface area contributed by atoms with Gasteiger partial charge in [-0.1, -0.05) is 18.0 Å². The summed E-state index contributed by atoms with van der Waals surface area (Å²) in [5, 5.41) is 12.6. The Morgan fingerprint density at radius 1 is 1.06 bits per heavy atom. The molecule has 3 amide bonds. The Morgan fingerprint density at radius 2 is 1.76 bits per heavy atom. The summed E-state index contributed by atoms with van der Waals surface area (Å²) in [6.07, 6.45) is 4.37. The Morgan fingerprint density at radius 3 is 2.42 bits per heavy atom. The fraction of sp³-hybridized carbons (Fsp3) is 0.333. The molecule has 5 rings (SSSR count). The number of urea groups is 1. The smallest absolute Gasteiger partial charge is 0.335 e. The van der Waals surface area contributed by atoms with Gasteiger partial charge in [-0.25, -0.2) is 19.0 Å². The third-order valence-corrected chi connectivity index (χ3v) is 6.73. The summed E-state index contributed by atoms with van der Waals surface area (Å²) in [7, 11) is 0. The van der Waals surface area contributed by atoms with E-state index in [9.17, 15) is 19.1 Å². The average Bonchev–Trinajstić information content (AvgIpc) is 3.27. The van der Waals surface area contributed by atoms with Gasteiger partial charge in [-0.15, -0.1) is 0 Å². The zero-order valence-electron chi connectivity index (χ0n) is 18.2. The molecule has 1 atom stereocenters. The van der Waals surface area contributed by atoms with Crippen LogP contribution in [0.4, 0.5) is 14.9 Å². The number of likely N-dealkylation sites (tertiary alicyclic amines) is 1. The molecule has 1 aromatic heterocycles. The number of rotatable bonds is 4. The molecule has 2 fully saturated rings. The predicted octanol–water partition coefficient (Wildman–Crippen LogP) is 4.34. The number of imide groups is 1. The van der Waals surface area contributed by atoms with Gasteiger partial charge in [0, 0.05) is 41.9 Å². The molecule has 2 saturated heterocycles. The summed E-state index contributed by atoms with van der Waals surface area (Å²) in [5.41, 5.74) is 1.67. The highest BCUT2D eigenvalue weighted by Gasteiger charge is 2.60. The van der Waals surface area contributed by atoms with Crippen molar-refractivity contribution in [3.8, 4) is 5.69 Å². The van der Waals surface area contributed by atoms with Crippen molar-refractivity contribution in [1.29, 1.82) is 0 Å². The van der Waals surface area contributed by atoms with Crippen LogP contribution >= 0.6 is 11.6 Å². The van der Waals surface area contributed by atoms with Crippen LogP contribution in [0.3, 0.4) is 0 Å². The lowest BCUT2D eigenvalue weighted by molar-refractivity contribution is -0.192. The number of carbonyl (C=O) groups is 2. The number of nitrogens with zero attached hydrogens (tertiary/aromatic N) is 4.